The van der Waals surface area contributed by atoms with Crippen LogP contribution in [0.4, 0.5) is 4.39 Å². The summed E-state index contributed by atoms with van der Waals surface area (Å²) in [7, 11) is 0. The van der Waals surface area contributed by atoms with Gasteiger partial charge in [0.2, 0.25) is 0 Å². The Bertz CT molecular complexity index is 1020. The smallest absolute Gasteiger partial charge is 0.295 e. The van der Waals surface area contributed by atoms with Crippen molar-refractivity contribution in [2.45, 2.75) is 51.6 Å². The molecule has 2 aromatic carbocycles. The highest BCUT2D eigenvalue weighted by molar-refractivity contribution is 6.46. The van der Waals surface area contributed by atoms with Gasteiger partial charge in [-0.25, -0.2) is 4.39 Å². The molecule has 1 amide bonds. The molecule has 29 heavy (non-hydrogen) atoms. The highest BCUT2D eigenvalue weighted by Crippen LogP contribution is 2.44. The lowest BCUT2D eigenvalue weighted by Crippen LogP contribution is -2.38. The Kier molecular flexibility index (Phi) is 4.99. The van der Waals surface area contributed by atoms with E-state index in [9.17, 15) is 19.1 Å². The molecule has 2 aromatic rings. The van der Waals surface area contributed by atoms with Crippen molar-refractivity contribution in [3.8, 4) is 0 Å². The number of Topliss-reactive ketones (excluding diaryl/α,β-unsaturated/α-hetero) is 1. The maximum Gasteiger partial charge on any atom is 0.295 e. The summed E-state index contributed by atoms with van der Waals surface area (Å²) in [6.45, 7) is 3.87. The van der Waals surface area contributed by atoms with E-state index in [1.165, 1.54) is 11.0 Å². The van der Waals surface area contributed by atoms with Gasteiger partial charge in [0.05, 0.1) is 11.6 Å². The largest absolute Gasteiger partial charge is 0.507 e. The number of hydrogen-bond acceptors (Lipinski definition) is 3. The number of hydrogen-bond donors (Lipinski definition) is 1. The van der Waals surface area contributed by atoms with E-state index in [1.807, 2.05) is 19.9 Å². The molecule has 2 aliphatic rings. The van der Waals surface area contributed by atoms with Crippen LogP contribution >= 0.6 is 0 Å². The van der Waals surface area contributed by atoms with E-state index in [0.717, 1.165) is 36.8 Å². The number of aryl methyl sites for hydroxylation is 2. The van der Waals surface area contributed by atoms with Gasteiger partial charge in [-0.1, -0.05) is 43.2 Å². The SMILES string of the molecule is Cc1ccc(/C(O)=C2\C(=O)C(=O)N(C3CCCC3)C2c2ccccc2F)cc1C. The van der Waals surface area contributed by atoms with Crippen molar-refractivity contribution in [3.63, 3.8) is 0 Å². The van der Waals surface area contributed by atoms with E-state index in [4.69, 9.17) is 0 Å². The minimum absolute atomic E-state index is 0.0322. The second-order valence-electron chi connectivity index (χ2n) is 7.97. The number of amides is 1. The lowest BCUT2D eigenvalue weighted by atomic mass is 9.93. The van der Waals surface area contributed by atoms with Gasteiger partial charge in [0.1, 0.15) is 11.6 Å². The first-order valence-electron chi connectivity index (χ1n) is 10.0. The van der Waals surface area contributed by atoms with Crippen LogP contribution in [0.15, 0.2) is 48.0 Å². The van der Waals surface area contributed by atoms with Crippen LogP contribution < -0.4 is 0 Å². The molecule has 1 N–H and O–H groups in total. The van der Waals surface area contributed by atoms with E-state index < -0.39 is 23.5 Å². The average molecular weight is 393 g/mol. The summed E-state index contributed by atoms with van der Waals surface area (Å²) in [5.74, 6) is -2.15. The van der Waals surface area contributed by atoms with Gasteiger partial charge in [0.25, 0.3) is 11.7 Å². The highest BCUT2D eigenvalue weighted by atomic mass is 19.1. The van der Waals surface area contributed by atoms with Gasteiger partial charge in [0.15, 0.2) is 0 Å². The minimum Gasteiger partial charge on any atom is -0.507 e. The van der Waals surface area contributed by atoms with Crippen LogP contribution in [0.1, 0.15) is 54.0 Å². The van der Waals surface area contributed by atoms with Crippen molar-refractivity contribution in [2.24, 2.45) is 0 Å². The topological polar surface area (TPSA) is 57.6 Å². The molecule has 5 heteroatoms. The minimum atomic E-state index is -0.916. The summed E-state index contributed by atoms with van der Waals surface area (Å²) >= 11 is 0. The molecular formula is C24H24FNO3. The molecule has 0 aromatic heterocycles. The van der Waals surface area contributed by atoms with Crippen molar-refractivity contribution in [1.82, 2.24) is 4.90 Å². The van der Waals surface area contributed by atoms with Crippen molar-refractivity contribution in [3.05, 3.63) is 76.1 Å². The molecule has 0 bridgehead atoms. The lowest BCUT2D eigenvalue weighted by molar-refractivity contribution is -0.141. The third-order valence-electron chi connectivity index (χ3n) is 6.18. The number of ketones is 1. The van der Waals surface area contributed by atoms with E-state index >= 15 is 0 Å². The number of aliphatic hydroxyl groups is 1. The predicted octanol–water partition coefficient (Wildman–Crippen LogP) is 4.81. The number of rotatable bonds is 3. The second kappa shape index (κ2) is 7.47. The van der Waals surface area contributed by atoms with Crippen LogP contribution in [0.5, 0.6) is 0 Å². The summed E-state index contributed by atoms with van der Waals surface area (Å²) < 4.78 is 14.8. The Morgan fingerprint density at radius 2 is 1.72 bits per heavy atom. The van der Waals surface area contributed by atoms with Crippen LogP contribution in [0.3, 0.4) is 0 Å². The number of carbonyl (C=O) groups is 2. The van der Waals surface area contributed by atoms with Gasteiger partial charge in [-0.05, 0) is 49.9 Å². The van der Waals surface area contributed by atoms with Crippen LogP contribution in [0.2, 0.25) is 0 Å². The molecule has 4 nitrogen and oxygen atoms in total. The summed E-state index contributed by atoms with van der Waals surface area (Å²) in [6.07, 6.45) is 3.49. The number of likely N-dealkylation sites (tertiary alicyclic amines) is 1. The monoisotopic (exact) mass is 393 g/mol. The molecule has 1 saturated heterocycles. The average Bonchev–Trinajstić information content (AvgIpc) is 3.31. The molecule has 1 atom stereocenters. The predicted molar refractivity (Wildman–Crippen MR) is 109 cm³/mol. The fourth-order valence-corrected chi connectivity index (χ4v) is 4.46. The molecule has 1 unspecified atom stereocenters. The van der Waals surface area contributed by atoms with E-state index in [-0.39, 0.29) is 22.9 Å². The van der Waals surface area contributed by atoms with Gasteiger partial charge in [0, 0.05) is 17.2 Å². The van der Waals surface area contributed by atoms with Crippen LogP contribution in [0, 0.1) is 19.7 Å². The van der Waals surface area contributed by atoms with Gasteiger partial charge in [-0.15, -0.1) is 0 Å². The first-order valence-corrected chi connectivity index (χ1v) is 10.0. The molecule has 2 fully saturated rings. The summed E-state index contributed by atoms with van der Waals surface area (Å²) in [5, 5.41) is 11.1. The van der Waals surface area contributed by atoms with E-state index in [0.29, 0.717) is 5.56 Å². The second-order valence-corrected chi connectivity index (χ2v) is 7.97. The van der Waals surface area contributed by atoms with Crippen molar-refractivity contribution < 1.29 is 19.1 Å². The summed E-state index contributed by atoms with van der Waals surface area (Å²) in [6, 6.07) is 10.5. The van der Waals surface area contributed by atoms with Gasteiger partial charge in [-0.2, -0.15) is 0 Å². The number of benzene rings is 2. The number of nitrogens with zero attached hydrogens (tertiary/aromatic N) is 1. The zero-order valence-electron chi connectivity index (χ0n) is 16.6. The summed E-state index contributed by atoms with van der Waals surface area (Å²) in [5.41, 5.74) is 2.68. The van der Waals surface area contributed by atoms with Gasteiger partial charge in [-0.3, -0.25) is 9.59 Å². The molecule has 1 heterocycles. The van der Waals surface area contributed by atoms with Gasteiger partial charge >= 0.3 is 0 Å². The zero-order chi connectivity index (χ0) is 20.7. The summed E-state index contributed by atoms with van der Waals surface area (Å²) in [4.78, 5) is 27.5. The van der Waals surface area contributed by atoms with Crippen LogP contribution in [0.25, 0.3) is 5.76 Å². The first-order chi connectivity index (χ1) is 13.9. The fourth-order valence-electron chi connectivity index (χ4n) is 4.46. The molecule has 0 spiro atoms. The maximum absolute atomic E-state index is 14.8. The molecular weight excluding hydrogens is 369 g/mol. The molecule has 0 radical (unpaired) electrons. The first kappa shape index (κ1) is 19.4. The van der Waals surface area contributed by atoms with Crippen molar-refractivity contribution in [2.75, 3.05) is 0 Å². The highest BCUT2D eigenvalue weighted by Gasteiger charge is 2.49. The zero-order valence-corrected chi connectivity index (χ0v) is 16.6. The maximum atomic E-state index is 14.8. The number of halogens is 1. The van der Waals surface area contributed by atoms with E-state index in [1.54, 1.807) is 30.3 Å². The van der Waals surface area contributed by atoms with Crippen molar-refractivity contribution >= 4 is 17.4 Å². The fraction of sp³-hybridized carbons (Fsp3) is 0.333. The van der Waals surface area contributed by atoms with Crippen molar-refractivity contribution in [1.29, 1.82) is 0 Å². The third kappa shape index (κ3) is 3.24. The van der Waals surface area contributed by atoms with Crippen LogP contribution in [-0.4, -0.2) is 27.7 Å². The Morgan fingerprint density at radius 3 is 2.38 bits per heavy atom. The molecule has 1 aliphatic heterocycles. The standard InChI is InChI=1S/C24H24FNO3/c1-14-11-12-16(13-15(14)2)22(27)20-21(18-9-5-6-10-19(18)25)26(24(29)23(20)28)17-7-3-4-8-17/h5-6,9-13,17,21,27H,3-4,7-8H2,1-2H3/b22-20+. The number of aliphatic hydroxyl groups excluding tert-OH is 1. The van der Waals surface area contributed by atoms with E-state index in [2.05, 4.69) is 0 Å². The van der Waals surface area contributed by atoms with Gasteiger partial charge < -0.3 is 10.0 Å². The third-order valence-corrected chi connectivity index (χ3v) is 6.18. The Balaban J connectivity index is 1.92. The molecule has 1 aliphatic carbocycles. The Hall–Kier alpha value is -2.95. The van der Waals surface area contributed by atoms with Crippen LogP contribution in [-0.2, 0) is 9.59 Å². The number of carbonyl (C=O) groups excluding carboxylic acids is 2. The Labute approximate surface area is 169 Å². The quantitative estimate of drug-likeness (QED) is 0.463. The molecule has 4 rings (SSSR count). The molecule has 1 saturated carbocycles. The Morgan fingerprint density at radius 1 is 1.03 bits per heavy atom. The molecule has 150 valence electrons. The lowest BCUT2D eigenvalue weighted by Gasteiger charge is -2.31. The normalized spacial score (nSPS) is 21.9.